The van der Waals surface area contributed by atoms with Crippen LogP contribution in [0, 0.1) is 0 Å². The summed E-state index contributed by atoms with van der Waals surface area (Å²) in [4.78, 5) is 10.5. The van der Waals surface area contributed by atoms with Gasteiger partial charge >= 0.3 is 5.97 Å². The molecule has 0 saturated heterocycles. The molecule has 1 unspecified atom stereocenters. The Labute approximate surface area is 98.8 Å². The van der Waals surface area contributed by atoms with Gasteiger partial charge in [0.1, 0.15) is 11.8 Å². The lowest BCUT2D eigenvalue weighted by atomic mass is 10.2. The number of nitrogens with two attached hydrogens (primary N) is 1. The number of carboxylic acids is 1. The fourth-order valence-corrected chi connectivity index (χ4v) is 2.07. The van der Waals surface area contributed by atoms with Crippen LogP contribution in [0.15, 0.2) is 24.3 Å². The summed E-state index contributed by atoms with van der Waals surface area (Å²) in [5.41, 5.74) is 6.49. The van der Waals surface area contributed by atoms with Crippen LogP contribution in [0.5, 0.6) is 5.75 Å². The van der Waals surface area contributed by atoms with E-state index in [-0.39, 0.29) is 0 Å². The topological polar surface area (TPSA) is 72.5 Å². The van der Waals surface area contributed by atoms with Gasteiger partial charge in [0.25, 0.3) is 0 Å². The lowest BCUT2D eigenvalue weighted by Crippen LogP contribution is -2.32. The maximum atomic E-state index is 10.5. The zero-order valence-corrected chi connectivity index (χ0v) is 9.87. The van der Waals surface area contributed by atoms with Crippen molar-refractivity contribution in [1.29, 1.82) is 0 Å². The minimum absolute atomic E-state index is 0.409. The van der Waals surface area contributed by atoms with Crippen LogP contribution in [-0.2, 0) is 10.5 Å². The third-order valence-electron chi connectivity index (χ3n) is 2.02. The van der Waals surface area contributed by atoms with Gasteiger partial charge in [-0.25, -0.2) is 0 Å². The number of benzene rings is 1. The number of carboxylic acid groups (broad SMARTS) is 1. The molecule has 0 spiro atoms. The number of hydrogen-bond donors (Lipinski definition) is 2. The molecule has 1 aromatic rings. The van der Waals surface area contributed by atoms with E-state index in [1.54, 1.807) is 7.11 Å². The van der Waals surface area contributed by atoms with Crippen molar-refractivity contribution >= 4 is 17.7 Å². The Bertz CT molecular complexity index is 357. The van der Waals surface area contributed by atoms with Crippen LogP contribution in [0.4, 0.5) is 0 Å². The van der Waals surface area contributed by atoms with Gasteiger partial charge in [-0.1, -0.05) is 12.1 Å². The van der Waals surface area contributed by atoms with Gasteiger partial charge in [0.15, 0.2) is 0 Å². The van der Waals surface area contributed by atoms with Gasteiger partial charge in [-0.05, 0) is 17.7 Å². The summed E-state index contributed by atoms with van der Waals surface area (Å²) >= 11 is 1.50. The fourth-order valence-electron chi connectivity index (χ4n) is 1.14. The van der Waals surface area contributed by atoms with Crippen molar-refractivity contribution in [1.82, 2.24) is 0 Å². The molecule has 0 aromatic heterocycles. The van der Waals surface area contributed by atoms with Gasteiger partial charge in [0, 0.05) is 11.5 Å². The number of carbonyl (C=O) groups is 1. The average molecular weight is 241 g/mol. The highest BCUT2D eigenvalue weighted by molar-refractivity contribution is 7.98. The largest absolute Gasteiger partial charge is 0.497 e. The lowest BCUT2D eigenvalue weighted by Gasteiger charge is -2.07. The average Bonchev–Trinajstić information content (AvgIpc) is 2.29. The summed E-state index contributed by atoms with van der Waals surface area (Å²) in [5, 5.41) is 8.60. The van der Waals surface area contributed by atoms with Gasteiger partial charge in [0.05, 0.1) is 7.11 Å². The van der Waals surface area contributed by atoms with Crippen LogP contribution in [0.25, 0.3) is 0 Å². The van der Waals surface area contributed by atoms with Gasteiger partial charge in [0.2, 0.25) is 0 Å². The highest BCUT2D eigenvalue weighted by Gasteiger charge is 2.10. The molecule has 3 N–H and O–H groups in total. The fraction of sp³-hybridized carbons (Fsp3) is 0.364. The van der Waals surface area contributed by atoms with E-state index in [4.69, 9.17) is 15.6 Å². The van der Waals surface area contributed by atoms with Crippen molar-refractivity contribution in [2.45, 2.75) is 11.8 Å². The van der Waals surface area contributed by atoms with Crippen LogP contribution in [0.1, 0.15) is 5.56 Å². The van der Waals surface area contributed by atoms with Gasteiger partial charge in [-0.15, -0.1) is 0 Å². The Hall–Kier alpha value is -1.20. The van der Waals surface area contributed by atoms with Gasteiger partial charge in [-0.2, -0.15) is 11.8 Å². The summed E-state index contributed by atoms with van der Waals surface area (Å²) < 4.78 is 5.09. The third-order valence-corrected chi connectivity index (χ3v) is 3.15. The summed E-state index contributed by atoms with van der Waals surface area (Å²) in [6, 6.07) is 6.89. The minimum Gasteiger partial charge on any atom is -0.497 e. The molecule has 4 nitrogen and oxygen atoms in total. The molecule has 0 amide bonds. The Morgan fingerprint density at radius 3 is 3.00 bits per heavy atom. The van der Waals surface area contributed by atoms with Crippen LogP contribution in [-0.4, -0.2) is 30.0 Å². The van der Waals surface area contributed by atoms with Crippen LogP contribution < -0.4 is 10.5 Å². The molecule has 1 aromatic carbocycles. The molecule has 0 bridgehead atoms. The number of thioether (sulfide) groups is 1. The maximum Gasteiger partial charge on any atom is 0.321 e. The van der Waals surface area contributed by atoms with Gasteiger partial charge < -0.3 is 15.6 Å². The van der Waals surface area contributed by atoms with Crippen molar-refractivity contribution in [3.05, 3.63) is 29.8 Å². The normalized spacial score (nSPS) is 12.1. The molecule has 0 radical (unpaired) electrons. The summed E-state index contributed by atoms with van der Waals surface area (Å²) in [6.07, 6.45) is 0. The zero-order chi connectivity index (χ0) is 12.0. The van der Waals surface area contributed by atoms with E-state index < -0.39 is 12.0 Å². The SMILES string of the molecule is COc1cccc(CSCC(N)C(=O)O)c1. The molecule has 0 heterocycles. The standard InChI is InChI=1S/C11H15NO3S/c1-15-9-4-2-3-8(5-9)6-16-7-10(12)11(13)14/h2-5,10H,6-7,12H2,1H3,(H,13,14). The molecular weight excluding hydrogens is 226 g/mol. The summed E-state index contributed by atoms with van der Waals surface area (Å²) in [7, 11) is 1.62. The molecule has 0 aliphatic heterocycles. The molecule has 5 heteroatoms. The van der Waals surface area contributed by atoms with E-state index in [2.05, 4.69) is 0 Å². The summed E-state index contributed by atoms with van der Waals surface area (Å²) in [5.74, 6) is 0.990. The van der Waals surface area contributed by atoms with Crippen LogP contribution >= 0.6 is 11.8 Å². The number of ether oxygens (including phenoxy) is 1. The third kappa shape index (κ3) is 4.12. The monoisotopic (exact) mass is 241 g/mol. The number of methoxy groups -OCH3 is 1. The molecule has 0 saturated carbocycles. The molecule has 16 heavy (non-hydrogen) atoms. The first-order chi connectivity index (χ1) is 7.63. The lowest BCUT2D eigenvalue weighted by molar-refractivity contribution is -0.137. The maximum absolute atomic E-state index is 10.5. The molecule has 0 aliphatic rings. The van der Waals surface area contributed by atoms with Crippen LogP contribution in [0.3, 0.4) is 0 Å². The first-order valence-corrected chi connectivity index (χ1v) is 5.98. The first kappa shape index (κ1) is 12.9. The van der Waals surface area contributed by atoms with E-state index in [0.29, 0.717) is 5.75 Å². The van der Waals surface area contributed by atoms with Crippen molar-refractivity contribution < 1.29 is 14.6 Å². The van der Waals surface area contributed by atoms with E-state index >= 15 is 0 Å². The van der Waals surface area contributed by atoms with Crippen LogP contribution in [0.2, 0.25) is 0 Å². The number of rotatable bonds is 6. The van der Waals surface area contributed by atoms with E-state index in [9.17, 15) is 4.79 Å². The van der Waals surface area contributed by atoms with Crippen molar-refractivity contribution in [2.24, 2.45) is 5.73 Å². The predicted octanol–water partition coefficient (Wildman–Crippen LogP) is 1.34. The second-order valence-corrected chi connectivity index (χ2v) is 4.34. The Morgan fingerprint density at radius 1 is 1.62 bits per heavy atom. The smallest absolute Gasteiger partial charge is 0.321 e. The Balaban J connectivity index is 2.39. The van der Waals surface area contributed by atoms with Crippen molar-refractivity contribution in [3.63, 3.8) is 0 Å². The van der Waals surface area contributed by atoms with E-state index in [0.717, 1.165) is 17.1 Å². The van der Waals surface area contributed by atoms with Crippen molar-refractivity contribution in [3.8, 4) is 5.75 Å². The van der Waals surface area contributed by atoms with E-state index in [1.165, 1.54) is 11.8 Å². The number of aliphatic carboxylic acids is 1. The van der Waals surface area contributed by atoms with Crippen molar-refractivity contribution in [2.75, 3.05) is 12.9 Å². The Morgan fingerprint density at radius 2 is 2.38 bits per heavy atom. The van der Waals surface area contributed by atoms with Gasteiger partial charge in [-0.3, -0.25) is 4.79 Å². The highest BCUT2D eigenvalue weighted by atomic mass is 32.2. The molecule has 1 rings (SSSR count). The molecule has 1 atom stereocenters. The minimum atomic E-state index is -0.960. The molecular formula is C11H15NO3S. The zero-order valence-electron chi connectivity index (χ0n) is 9.05. The highest BCUT2D eigenvalue weighted by Crippen LogP contribution is 2.18. The second-order valence-electron chi connectivity index (χ2n) is 3.31. The molecule has 88 valence electrons. The predicted molar refractivity (Wildman–Crippen MR) is 64.8 cm³/mol. The summed E-state index contributed by atoms with van der Waals surface area (Å²) in [6.45, 7) is 0. The Kier molecular flexibility index (Phi) is 5.14. The quantitative estimate of drug-likeness (QED) is 0.786. The molecule has 0 fully saturated rings. The number of hydrogen-bond acceptors (Lipinski definition) is 4. The van der Waals surface area contributed by atoms with E-state index in [1.807, 2.05) is 24.3 Å². The second kappa shape index (κ2) is 6.40. The molecule has 0 aliphatic carbocycles. The first-order valence-electron chi connectivity index (χ1n) is 4.82.